The molecule has 15 rings (SSSR count). The maximum atomic E-state index is 2.65. The zero-order chi connectivity index (χ0) is 51.7. The van der Waals surface area contributed by atoms with E-state index in [0.29, 0.717) is 0 Å². The van der Waals surface area contributed by atoms with Crippen LogP contribution < -0.4 is 46.9 Å². The molecule has 0 saturated heterocycles. The topological polar surface area (TPSA) is 11.4 Å². The van der Waals surface area contributed by atoms with Gasteiger partial charge in [-0.1, -0.05) is 249 Å². The van der Waals surface area contributed by atoms with Crippen LogP contribution in [0.25, 0.3) is 49.7 Å². The van der Waals surface area contributed by atoms with Gasteiger partial charge in [-0.3, -0.25) is 0 Å². The summed E-state index contributed by atoms with van der Waals surface area (Å²) in [5.74, 6) is 0. The molecule has 13 aromatic rings. The van der Waals surface area contributed by atoms with Crippen molar-refractivity contribution >= 4 is 108 Å². The molecule has 12 aromatic carbocycles. The highest BCUT2D eigenvalue weighted by Gasteiger charge is 2.47. The average Bonchev–Trinajstić information content (AvgIpc) is 3.94. The van der Waals surface area contributed by atoms with Gasteiger partial charge in [0.2, 0.25) is 0 Å². The van der Waals surface area contributed by atoms with Crippen molar-refractivity contribution in [3.05, 3.63) is 303 Å². The predicted molar refractivity (Wildman–Crippen MR) is 334 cm³/mol. The number of hydrogen-bond donors (Lipinski definition) is 0. The van der Waals surface area contributed by atoms with Crippen LogP contribution in [0.2, 0.25) is 0 Å². The van der Waals surface area contributed by atoms with Gasteiger partial charge in [0.25, 0.3) is 6.71 Å². The molecular formula is C73H52BN3Si. The number of anilines is 6. The van der Waals surface area contributed by atoms with Gasteiger partial charge in [-0.15, -0.1) is 0 Å². The van der Waals surface area contributed by atoms with Gasteiger partial charge >= 0.3 is 0 Å². The van der Waals surface area contributed by atoms with Crippen molar-refractivity contribution in [1.82, 2.24) is 4.57 Å². The van der Waals surface area contributed by atoms with Crippen LogP contribution >= 0.6 is 0 Å². The van der Waals surface area contributed by atoms with E-state index >= 15 is 0 Å². The Hall–Kier alpha value is -9.68. The number of aryl methyl sites for hydroxylation is 1. The summed E-state index contributed by atoms with van der Waals surface area (Å²) in [6.45, 7) is 2.09. The lowest BCUT2D eigenvalue weighted by Crippen LogP contribution is -2.74. The van der Waals surface area contributed by atoms with Crippen molar-refractivity contribution in [2.24, 2.45) is 0 Å². The van der Waals surface area contributed by atoms with Crippen LogP contribution in [0.4, 0.5) is 34.1 Å². The van der Waals surface area contributed by atoms with Crippen molar-refractivity contribution in [3.63, 3.8) is 0 Å². The number of aromatic nitrogens is 1. The summed E-state index contributed by atoms with van der Waals surface area (Å²) < 4.78 is 2.51. The Bertz CT molecular complexity index is 4260. The first-order chi connectivity index (χ1) is 38.6. The first-order valence-corrected chi connectivity index (χ1v) is 29.1. The molecule has 2 aliphatic heterocycles. The van der Waals surface area contributed by atoms with Crippen LogP contribution in [0.15, 0.2) is 297 Å². The van der Waals surface area contributed by atoms with Gasteiger partial charge in [0.05, 0.1) is 16.7 Å². The Balaban J connectivity index is 1.11. The SMILES string of the molecule is Cc1cccc(N2c3cc(-n4c5ccccc5c5ccccc54)cc4c3B(c3cccc(-c5ccccc5)c32)c2cccc(-c3ccccc3)c2N4c2cccc([Si](c3ccccc3)(c3ccccc3)c3ccccc3)c2)c1. The maximum Gasteiger partial charge on any atom is 0.252 e. The molecule has 78 heavy (non-hydrogen) atoms. The average molecular weight is 1010 g/mol. The predicted octanol–water partition coefficient (Wildman–Crippen LogP) is 13.9. The number of nitrogens with zero attached hydrogens (tertiary/aromatic N) is 3. The van der Waals surface area contributed by atoms with E-state index in [1.807, 2.05) is 0 Å². The Morgan fingerprint density at radius 1 is 0.321 bits per heavy atom. The lowest BCUT2D eigenvalue weighted by atomic mass is 9.33. The summed E-state index contributed by atoms with van der Waals surface area (Å²) in [6, 6.07) is 112. The minimum absolute atomic E-state index is 0.119. The van der Waals surface area contributed by atoms with Gasteiger partial charge in [-0.25, -0.2) is 0 Å². The molecule has 0 radical (unpaired) electrons. The molecule has 0 saturated carbocycles. The Kier molecular flexibility index (Phi) is 10.9. The monoisotopic (exact) mass is 1010 g/mol. The standard InChI is InChI=1S/C73H52BN3Si/c1-51-25-21-30-54(47-51)76-69-49-56(75-67-45-19-17-39-63(67)64-40-18-20-46-68(64)75)50-70-71(69)74(65-43-23-41-61(72(65)76)52-26-7-2-8-27-52)66-44-24-42-62(53-28-9-3-10-29-53)73(66)77(70)55-31-22-38-60(48-55)78(57-32-11-4-12-33-57,58-34-13-5-14-35-58)59-36-15-6-16-37-59/h2-50H,1H3. The van der Waals surface area contributed by atoms with Crippen LogP contribution in [0.5, 0.6) is 0 Å². The summed E-state index contributed by atoms with van der Waals surface area (Å²) in [5.41, 5.74) is 20.2. The van der Waals surface area contributed by atoms with Gasteiger partial charge < -0.3 is 14.4 Å². The third kappa shape index (κ3) is 7.05. The zero-order valence-electron chi connectivity index (χ0n) is 43.2. The molecule has 2 aliphatic rings. The highest BCUT2D eigenvalue weighted by molar-refractivity contribution is 7.20. The van der Waals surface area contributed by atoms with Crippen molar-refractivity contribution in [3.8, 4) is 27.9 Å². The number of rotatable bonds is 9. The minimum Gasteiger partial charge on any atom is -0.311 e. The van der Waals surface area contributed by atoms with Gasteiger partial charge in [0.1, 0.15) is 0 Å². The van der Waals surface area contributed by atoms with E-state index in [1.54, 1.807) is 0 Å². The Morgan fingerprint density at radius 2 is 0.718 bits per heavy atom. The number of fused-ring (bicyclic) bond motifs is 7. The summed E-state index contributed by atoms with van der Waals surface area (Å²) in [6.07, 6.45) is 0. The lowest BCUT2D eigenvalue weighted by Gasteiger charge is -2.46. The highest BCUT2D eigenvalue weighted by Crippen LogP contribution is 2.50. The molecule has 366 valence electrons. The smallest absolute Gasteiger partial charge is 0.252 e. The number of benzene rings is 12. The van der Waals surface area contributed by atoms with E-state index in [-0.39, 0.29) is 6.71 Å². The molecule has 0 atom stereocenters. The quantitative estimate of drug-likeness (QED) is 0.105. The van der Waals surface area contributed by atoms with E-state index in [9.17, 15) is 0 Å². The largest absolute Gasteiger partial charge is 0.311 e. The minimum atomic E-state index is -2.98. The van der Waals surface area contributed by atoms with Crippen molar-refractivity contribution in [1.29, 1.82) is 0 Å². The summed E-state index contributed by atoms with van der Waals surface area (Å²) in [5, 5.41) is 7.80. The first-order valence-electron chi connectivity index (χ1n) is 27.1. The van der Waals surface area contributed by atoms with E-state index < -0.39 is 8.07 Å². The van der Waals surface area contributed by atoms with Crippen LogP contribution in [0.1, 0.15) is 5.56 Å². The normalized spacial score (nSPS) is 12.6. The molecule has 0 fully saturated rings. The van der Waals surface area contributed by atoms with Crippen LogP contribution in [0, 0.1) is 6.92 Å². The highest BCUT2D eigenvalue weighted by atomic mass is 28.3. The van der Waals surface area contributed by atoms with Gasteiger partial charge in [-0.2, -0.15) is 0 Å². The summed E-state index contributed by atoms with van der Waals surface area (Å²) >= 11 is 0. The molecule has 0 bridgehead atoms. The second-order valence-corrected chi connectivity index (χ2v) is 24.6. The summed E-state index contributed by atoms with van der Waals surface area (Å²) in [7, 11) is -2.98. The maximum absolute atomic E-state index is 2.98. The van der Waals surface area contributed by atoms with E-state index in [1.165, 1.54) is 98.1 Å². The van der Waals surface area contributed by atoms with Gasteiger partial charge in [0.15, 0.2) is 8.07 Å². The molecule has 0 spiro atoms. The van der Waals surface area contributed by atoms with Crippen molar-refractivity contribution in [2.75, 3.05) is 9.80 Å². The molecule has 1 aromatic heterocycles. The molecule has 5 heteroatoms. The van der Waals surface area contributed by atoms with E-state index in [2.05, 4.69) is 319 Å². The fourth-order valence-corrected chi connectivity index (χ4v) is 18.1. The van der Waals surface area contributed by atoms with Crippen LogP contribution in [-0.4, -0.2) is 19.4 Å². The molecule has 3 nitrogen and oxygen atoms in total. The van der Waals surface area contributed by atoms with Crippen LogP contribution in [-0.2, 0) is 0 Å². The first kappa shape index (κ1) is 45.7. The molecule has 3 heterocycles. The third-order valence-electron chi connectivity index (χ3n) is 16.5. The van der Waals surface area contributed by atoms with Crippen LogP contribution in [0.3, 0.4) is 0 Å². The summed E-state index contributed by atoms with van der Waals surface area (Å²) in [4.78, 5) is 5.24. The Morgan fingerprint density at radius 3 is 1.19 bits per heavy atom. The van der Waals surface area contributed by atoms with Crippen molar-refractivity contribution in [2.45, 2.75) is 6.92 Å². The fraction of sp³-hybridized carbons (Fsp3) is 0.0137. The van der Waals surface area contributed by atoms with E-state index in [0.717, 1.165) is 28.4 Å². The Labute approximate surface area is 457 Å². The number of para-hydroxylation sites is 4. The molecule has 0 amide bonds. The lowest BCUT2D eigenvalue weighted by molar-refractivity contribution is 1.16. The molecule has 0 unspecified atom stereocenters. The molecule has 0 N–H and O–H groups in total. The zero-order valence-corrected chi connectivity index (χ0v) is 44.2. The van der Waals surface area contributed by atoms with Gasteiger partial charge in [-0.05, 0) is 109 Å². The van der Waals surface area contributed by atoms with Crippen molar-refractivity contribution < 1.29 is 0 Å². The third-order valence-corrected chi connectivity index (χ3v) is 21.3. The second-order valence-electron chi connectivity index (χ2n) is 20.8. The second kappa shape index (κ2) is 18.6. The fourth-order valence-electron chi connectivity index (χ4n) is 13.4. The number of hydrogen-bond acceptors (Lipinski definition) is 2. The van der Waals surface area contributed by atoms with Gasteiger partial charge in [0, 0.05) is 56.0 Å². The van der Waals surface area contributed by atoms with E-state index in [4.69, 9.17) is 0 Å². The molecule has 0 aliphatic carbocycles. The molecular weight excluding hydrogens is 958 g/mol.